The Morgan fingerprint density at radius 1 is 1.21 bits per heavy atom. The highest BCUT2D eigenvalue weighted by molar-refractivity contribution is 7.99. The molecule has 1 aromatic carbocycles. The summed E-state index contributed by atoms with van der Waals surface area (Å²) in [6, 6.07) is 4.25. The van der Waals surface area contributed by atoms with Gasteiger partial charge in [0.25, 0.3) is 0 Å². The molecule has 1 aromatic rings. The Kier molecular flexibility index (Phi) is 5.40. The fourth-order valence-corrected chi connectivity index (χ4v) is 3.58. The summed E-state index contributed by atoms with van der Waals surface area (Å²) < 4.78 is 16.4. The summed E-state index contributed by atoms with van der Waals surface area (Å²) in [6.45, 7) is 3.57. The van der Waals surface area contributed by atoms with Crippen LogP contribution in [-0.4, -0.2) is 33.2 Å². The number of hydrogen-bond donors (Lipinski definition) is 0. The SMILES string of the molecule is CCOCC1SCCCc2cc(OC)c(OC)cc21. The summed E-state index contributed by atoms with van der Waals surface area (Å²) in [6.07, 6.45) is 2.31. The molecule has 0 saturated carbocycles. The first-order chi connectivity index (χ1) is 9.30. The van der Waals surface area contributed by atoms with Crippen LogP contribution in [0.15, 0.2) is 12.1 Å². The van der Waals surface area contributed by atoms with Gasteiger partial charge in [0.05, 0.1) is 26.1 Å². The van der Waals surface area contributed by atoms with Crippen LogP contribution in [0, 0.1) is 0 Å². The summed E-state index contributed by atoms with van der Waals surface area (Å²) in [5.41, 5.74) is 2.71. The topological polar surface area (TPSA) is 27.7 Å². The molecule has 0 aromatic heterocycles. The van der Waals surface area contributed by atoms with Gasteiger partial charge < -0.3 is 14.2 Å². The molecule has 4 heteroatoms. The summed E-state index contributed by atoms with van der Waals surface area (Å²) in [5, 5.41) is 0.400. The molecule has 1 aliphatic heterocycles. The smallest absolute Gasteiger partial charge is 0.161 e. The standard InChI is InChI=1S/C15H22O3S/c1-4-18-10-15-12-9-14(17-3)13(16-2)8-11(12)6-5-7-19-15/h8-9,15H,4-7,10H2,1-3H3. The van der Waals surface area contributed by atoms with E-state index in [-0.39, 0.29) is 0 Å². The number of ether oxygens (including phenoxy) is 3. The molecule has 1 atom stereocenters. The second kappa shape index (κ2) is 7.06. The van der Waals surface area contributed by atoms with Crippen LogP contribution in [0.25, 0.3) is 0 Å². The molecule has 0 saturated heterocycles. The molecule has 19 heavy (non-hydrogen) atoms. The third kappa shape index (κ3) is 3.37. The normalized spacial score (nSPS) is 18.6. The summed E-state index contributed by atoms with van der Waals surface area (Å²) in [4.78, 5) is 0. The first kappa shape index (κ1) is 14.5. The molecular weight excluding hydrogens is 260 g/mol. The zero-order valence-corrected chi connectivity index (χ0v) is 12.7. The van der Waals surface area contributed by atoms with E-state index in [0.717, 1.165) is 31.1 Å². The average Bonchev–Trinajstić information content (AvgIpc) is 2.65. The number of methoxy groups -OCH3 is 2. The van der Waals surface area contributed by atoms with Crippen LogP contribution in [-0.2, 0) is 11.2 Å². The average molecular weight is 282 g/mol. The molecule has 3 nitrogen and oxygen atoms in total. The zero-order chi connectivity index (χ0) is 13.7. The van der Waals surface area contributed by atoms with Gasteiger partial charge in [0.2, 0.25) is 0 Å². The third-order valence-electron chi connectivity index (χ3n) is 3.38. The van der Waals surface area contributed by atoms with Crippen LogP contribution in [0.4, 0.5) is 0 Å². The monoisotopic (exact) mass is 282 g/mol. The van der Waals surface area contributed by atoms with Gasteiger partial charge in [0.15, 0.2) is 11.5 Å². The Labute approximate surface area is 119 Å². The first-order valence-electron chi connectivity index (χ1n) is 6.74. The Balaban J connectivity index is 2.35. The number of hydrogen-bond acceptors (Lipinski definition) is 4. The van der Waals surface area contributed by atoms with Gasteiger partial charge in [0.1, 0.15) is 0 Å². The Morgan fingerprint density at radius 2 is 1.95 bits per heavy atom. The van der Waals surface area contributed by atoms with Crippen molar-refractivity contribution < 1.29 is 14.2 Å². The van der Waals surface area contributed by atoms with Crippen molar-refractivity contribution in [2.75, 3.05) is 33.2 Å². The zero-order valence-electron chi connectivity index (χ0n) is 11.9. The lowest BCUT2D eigenvalue weighted by Gasteiger charge is -2.19. The second-order valence-corrected chi connectivity index (χ2v) is 5.84. The minimum absolute atomic E-state index is 0.400. The van der Waals surface area contributed by atoms with E-state index < -0.39 is 0 Å². The van der Waals surface area contributed by atoms with Gasteiger partial charge in [-0.2, -0.15) is 11.8 Å². The van der Waals surface area contributed by atoms with Gasteiger partial charge in [-0.3, -0.25) is 0 Å². The van der Waals surface area contributed by atoms with E-state index >= 15 is 0 Å². The lowest BCUT2D eigenvalue weighted by Crippen LogP contribution is -2.07. The van der Waals surface area contributed by atoms with Crippen molar-refractivity contribution in [3.8, 4) is 11.5 Å². The minimum Gasteiger partial charge on any atom is -0.493 e. The minimum atomic E-state index is 0.400. The van der Waals surface area contributed by atoms with Gasteiger partial charge in [-0.25, -0.2) is 0 Å². The highest BCUT2D eigenvalue weighted by Gasteiger charge is 2.22. The number of benzene rings is 1. The van der Waals surface area contributed by atoms with Crippen molar-refractivity contribution in [2.45, 2.75) is 25.0 Å². The van der Waals surface area contributed by atoms with Crippen molar-refractivity contribution in [3.63, 3.8) is 0 Å². The van der Waals surface area contributed by atoms with Crippen LogP contribution in [0.3, 0.4) is 0 Å². The molecule has 0 N–H and O–H groups in total. The lowest BCUT2D eigenvalue weighted by molar-refractivity contribution is 0.149. The van der Waals surface area contributed by atoms with Crippen molar-refractivity contribution in [1.82, 2.24) is 0 Å². The van der Waals surface area contributed by atoms with Gasteiger partial charge in [0, 0.05) is 6.61 Å². The molecule has 1 heterocycles. The number of aryl methyl sites for hydroxylation is 1. The molecule has 0 radical (unpaired) electrons. The van der Waals surface area contributed by atoms with Crippen LogP contribution in [0.5, 0.6) is 11.5 Å². The molecule has 0 amide bonds. The van der Waals surface area contributed by atoms with Gasteiger partial charge >= 0.3 is 0 Å². The number of thioether (sulfide) groups is 1. The third-order valence-corrected chi connectivity index (χ3v) is 4.69. The number of fused-ring (bicyclic) bond motifs is 1. The van der Waals surface area contributed by atoms with Crippen molar-refractivity contribution in [2.24, 2.45) is 0 Å². The molecule has 0 spiro atoms. The molecule has 2 rings (SSSR count). The van der Waals surface area contributed by atoms with E-state index in [1.54, 1.807) is 14.2 Å². The van der Waals surface area contributed by atoms with E-state index in [0.29, 0.717) is 5.25 Å². The Bertz CT molecular complexity index is 420. The van der Waals surface area contributed by atoms with E-state index in [1.807, 2.05) is 18.7 Å². The first-order valence-corrected chi connectivity index (χ1v) is 7.79. The molecule has 0 fully saturated rings. The predicted molar refractivity (Wildman–Crippen MR) is 79.6 cm³/mol. The van der Waals surface area contributed by atoms with Crippen LogP contribution in [0.1, 0.15) is 29.7 Å². The van der Waals surface area contributed by atoms with Crippen LogP contribution in [0.2, 0.25) is 0 Å². The fraction of sp³-hybridized carbons (Fsp3) is 0.600. The molecule has 106 valence electrons. The molecular formula is C15H22O3S. The summed E-state index contributed by atoms with van der Waals surface area (Å²) >= 11 is 1.98. The van der Waals surface area contributed by atoms with Crippen LogP contribution >= 0.6 is 11.8 Å². The lowest BCUT2D eigenvalue weighted by atomic mass is 9.99. The maximum atomic E-state index is 5.62. The molecule has 0 bridgehead atoms. The van der Waals surface area contributed by atoms with Gasteiger partial charge in [-0.05, 0) is 48.8 Å². The van der Waals surface area contributed by atoms with E-state index in [1.165, 1.54) is 23.3 Å². The fourth-order valence-electron chi connectivity index (χ4n) is 2.39. The second-order valence-electron chi connectivity index (χ2n) is 4.53. The van der Waals surface area contributed by atoms with Crippen molar-refractivity contribution in [1.29, 1.82) is 0 Å². The predicted octanol–water partition coefficient (Wildman–Crippen LogP) is 3.46. The summed E-state index contributed by atoms with van der Waals surface area (Å²) in [7, 11) is 3.37. The van der Waals surface area contributed by atoms with Crippen LogP contribution < -0.4 is 9.47 Å². The maximum absolute atomic E-state index is 5.62. The molecule has 0 aliphatic carbocycles. The Morgan fingerprint density at radius 3 is 2.63 bits per heavy atom. The maximum Gasteiger partial charge on any atom is 0.161 e. The van der Waals surface area contributed by atoms with Crippen molar-refractivity contribution >= 4 is 11.8 Å². The van der Waals surface area contributed by atoms with Crippen molar-refractivity contribution in [3.05, 3.63) is 23.3 Å². The highest BCUT2D eigenvalue weighted by atomic mass is 32.2. The summed E-state index contributed by atoms with van der Waals surface area (Å²) in [5.74, 6) is 2.81. The van der Waals surface area contributed by atoms with E-state index in [9.17, 15) is 0 Å². The quantitative estimate of drug-likeness (QED) is 0.826. The highest BCUT2D eigenvalue weighted by Crippen LogP contribution is 2.41. The molecule has 1 aliphatic rings. The largest absolute Gasteiger partial charge is 0.493 e. The van der Waals surface area contributed by atoms with Gasteiger partial charge in [-0.15, -0.1) is 0 Å². The molecule has 1 unspecified atom stereocenters. The van der Waals surface area contributed by atoms with Gasteiger partial charge in [-0.1, -0.05) is 0 Å². The van der Waals surface area contributed by atoms with E-state index in [2.05, 4.69) is 12.1 Å². The Hall–Kier alpha value is -0.870. The van der Waals surface area contributed by atoms with E-state index in [4.69, 9.17) is 14.2 Å². The number of rotatable bonds is 5.